The number of rotatable bonds is 13. The largest absolute Gasteiger partial charge is 0.352 e. The molecule has 242 valence electrons. The lowest BCUT2D eigenvalue weighted by Gasteiger charge is -2.34. The van der Waals surface area contributed by atoms with Gasteiger partial charge in [0.25, 0.3) is 10.0 Å². The van der Waals surface area contributed by atoms with Gasteiger partial charge >= 0.3 is 0 Å². The Bertz CT molecular complexity index is 1740. The Kier molecular flexibility index (Phi) is 11.7. The van der Waals surface area contributed by atoms with E-state index in [2.05, 4.69) is 5.32 Å². The monoisotopic (exact) mass is 659 g/mol. The van der Waals surface area contributed by atoms with Gasteiger partial charge < -0.3 is 10.2 Å². The van der Waals surface area contributed by atoms with Crippen molar-refractivity contribution >= 4 is 39.1 Å². The van der Waals surface area contributed by atoms with Gasteiger partial charge in [-0.1, -0.05) is 96.4 Å². The van der Waals surface area contributed by atoms with Gasteiger partial charge in [0.05, 0.1) is 10.6 Å². The zero-order valence-electron chi connectivity index (χ0n) is 27.0. The van der Waals surface area contributed by atoms with Gasteiger partial charge in [-0.3, -0.25) is 13.9 Å². The maximum absolute atomic E-state index is 14.6. The molecule has 0 saturated heterocycles. The van der Waals surface area contributed by atoms with Crippen molar-refractivity contribution in [2.45, 2.75) is 71.0 Å². The summed E-state index contributed by atoms with van der Waals surface area (Å²) < 4.78 is 29.6. The summed E-state index contributed by atoms with van der Waals surface area (Å²) in [7, 11) is -4.20. The fourth-order valence-electron chi connectivity index (χ4n) is 5.13. The second kappa shape index (κ2) is 15.4. The van der Waals surface area contributed by atoms with Crippen LogP contribution in [0.1, 0.15) is 48.1 Å². The third-order valence-corrected chi connectivity index (χ3v) is 10.1. The average Bonchev–Trinajstić information content (AvgIpc) is 3.03. The highest BCUT2D eigenvalue weighted by Gasteiger charge is 2.35. The predicted molar refractivity (Wildman–Crippen MR) is 185 cm³/mol. The number of carbonyl (C=O) groups is 2. The Morgan fingerprint density at radius 3 is 2.02 bits per heavy atom. The maximum Gasteiger partial charge on any atom is 0.264 e. The van der Waals surface area contributed by atoms with Gasteiger partial charge in [-0.25, -0.2) is 8.42 Å². The van der Waals surface area contributed by atoms with Gasteiger partial charge in [0.2, 0.25) is 11.8 Å². The lowest BCUT2D eigenvalue weighted by atomic mass is 10.0. The van der Waals surface area contributed by atoms with Crippen LogP contribution < -0.4 is 9.62 Å². The Labute approximate surface area is 278 Å². The molecule has 4 aromatic rings. The molecular formula is C37H42ClN3O4S. The van der Waals surface area contributed by atoms with E-state index in [-0.39, 0.29) is 29.8 Å². The number of nitrogens with zero attached hydrogens (tertiary/aromatic N) is 2. The van der Waals surface area contributed by atoms with Crippen molar-refractivity contribution in [3.8, 4) is 0 Å². The minimum atomic E-state index is -4.20. The molecule has 7 nitrogen and oxygen atoms in total. The highest BCUT2D eigenvalue weighted by Crippen LogP contribution is 2.30. The summed E-state index contributed by atoms with van der Waals surface area (Å²) in [6.07, 6.45) is 0.972. The molecule has 2 amide bonds. The summed E-state index contributed by atoms with van der Waals surface area (Å²) in [6.45, 7) is 9.10. The van der Waals surface area contributed by atoms with E-state index in [9.17, 15) is 18.0 Å². The van der Waals surface area contributed by atoms with Gasteiger partial charge in [0.1, 0.15) is 12.6 Å². The van der Waals surface area contributed by atoms with Crippen LogP contribution in [0.5, 0.6) is 0 Å². The number of hydrogen-bond donors (Lipinski definition) is 1. The Hall–Kier alpha value is -4.14. The van der Waals surface area contributed by atoms with Crippen molar-refractivity contribution < 1.29 is 18.0 Å². The fraction of sp³-hybridized carbons (Fsp3) is 0.297. The maximum atomic E-state index is 14.6. The van der Waals surface area contributed by atoms with Crippen LogP contribution in [0.15, 0.2) is 102 Å². The van der Waals surface area contributed by atoms with Crippen LogP contribution in [0.25, 0.3) is 0 Å². The van der Waals surface area contributed by atoms with E-state index in [0.717, 1.165) is 26.6 Å². The zero-order valence-corrected chi connectivity index (χ0v) is 28.6. The van der Waals surface area contributed by atoms with Crippen LogP contribution in [0.4, 0.5) is 5.69 Å². The van der Waals surface area contributed by atoms with Crippen LogP contribution in [0.3, 0.4) is 0 Å². The SMILES string of the molecule is CC[C@H](C)NC(=O)[C@@H](Cc1ccccc1)N(Cc1ccc(C)cc1)C(=O)CN(c1ccc(Cl)cc1C)S(=O)(=O)c1ccc(C)cc1. The van der Waals surface area contributed by atoms with Crippen molar-refractivity contribution in [1.29, 1.82) is 0 Å². The summed E-state index contributed by atoms with van der Waals surface area (Å²) in [5.41, 5.74) is 4.60. The molecule has 4 rings (SSSR count). The molecule has 0 spiro atoms. The summed E-state index contributed by atoms with van der Waals surface area (Å²) in [5.74, 6) is -0.805. The van der Waals surface area contributed by atoms with Crippen LogP contribution in [0.2, 0.25) is 5.02 Å². The van der Waals surface area contributed by atoms with E-state index < -0.39 is 28.5 Å². The molecule has 0 fully saturated rings. The fourth-order valence-corrected chi connectivity index (χ4v) is 6.84. The summed E-state index contributed by atoms with van der Waals surface area (Å²) in [5, 5.41) is 3.51. The van der Waals surface area contributed by atoms with E-state index >= 15 is 0 Å². The Balaban J connectivity index is 1.83. The van der Waals surface area contributed by atoms with Gasteiger partial charge in [-0.15, -0.1) is 0 Å². The number of nitrogens with one attached hydrogen (secondary N) is 1. The van der Waals surface area contributed by atoms with Crippen molar-refractivity contribution in [3.05, 3.63) is 130 Å². The first-order valence-electron chi connectivity index (χ1n) is 15.4. The van der Waals surface area contributed by atoms with Crippen LogP contribution >= 0.6 is 11.6 Å². The molecule has 2 atom stereocenters. The quantitative estimate of drug-likeness (QED) is 0.167. The van der Waals surface area contributed by atoms with Crippen LogP contribution in [-0.2, 0) is 32.6 Å². The van der Waals surface area contributed by atoms with Crippen molar-refractivity contribution in [3.63, 3.8) is 0 Å². The predicted octanol–water partition coefficient (Wildman–Crippen LogP) is 7.02. The van der Waals surface area contributed by atoms with E-state index in [4.69, 9.17) is 11.6 Å². The van der Waals surface area contributed by atoms with Crippen molar-refractivity contribution in [1.82, 2.24) is 10.2 Å². The topological polar surface area (TPSA) is 86.8 Å². The molecule has 4 aromatic carbocycles. The molecule has 0 unspecified atom stereocenters. The zero-order chi connectivity index (χ0) is 33.4. The van der Waals surface area contributed by atoms with E-state index in [0.29, 0.717) is 22.7 Å². The summed E-state index contributed by atoms with van der Waals surface area (Å²) in [6, 6.07) is 27.7. The first kappa shape index (κ1) is 34.7. The van der Waals surface area contributed by atoms with Crippen molar-refractivity contribution in [2.75, 3.05) is 10.8 Å². The number of anilines is 1. The second-order valence-electron chi connectivity index (χ2n) is 11.8. The molecular weight excluding hydrogens is 618 g/mol. The summed E-state index contributed by atoms with van der Waals surface area (Å²) >= 11 is 6.25. The molecule has 0 aliphatic heterocycles. The smallest absolute Gasteiger partial charge is 0.264 e. The Morgan fingerprint density at radius 1 is 0.826 bits per heavy atom. The molecule has 0 bridgehead atoms. The van der Waals surface area contributed by atoms with E-state index in [1.165, 1.54) is 17.0 Å². The van der Waals surface area contributed by atoms with Gasteiger partial charge in [-0.05, 0) is 81.1 Å². The lowest BCUT2D eigenvalue weighted by Crippen LogP contribution is -2.54. The number of aryl methyl sites for hydroxylation is 3. The highest BCUT2D eigenvalue weighted by molar-refractivity contribution is 7.92. The molecule has 1 N–H and O–H groups in total. The van der Waals surface area contributed by atoms with E-state index in [1.807, 2.05) is 82.3 Å². The molecule has 0 aromatic heterocycles. The molecule has 0 saturated carbocycles. The van der Waals surface area contributed by atoms with Gasteiger partial charge in [-0.2, -0.15) is 0 Å². The number of carbonyl (C=O) groups excluding carboxylic acids is 2. The second-order valence-corrected chi connectivity index (χ2v) is 14.1. The van der Waals surface area contributed by atoms with Gasteiger partial charge in [0, 0.05) is 24.0 Å². The first-order chi connectivity index (χ1) is 21.9. The number of benzene rings is 4. The van der Waals surface area contributed by atoms with Crippen molar-refractivity contribution in [2.24, 2.45) is 0 Å². The Morgan fingerprint density at radius 2 is 1.43 bits per heavy atom. The molecule has 46 heavy (non-hydrogen) atoms. The number of hydrogen-bond acceptors (Lipinski definition) is 4. The minimum Gasteiger partial charge on any atom is -0.352 e. The highest BCUT2D eigenvalue weighted by atomic mass is 35.5. The normalized spacial score (nSPS) is 12.7. The molecule has 0 radical (unpaired) electrons. The minimum absolute atomic E-state index is 0.0562. The van der Waals surface area contributed by atoms with Crippen LogP contribution in [-0.4, -0.2) is 43.8 Å². The van der Waals surface area contributed by atoms with Crippen LogP contribution in [0, 0.1) is 20.8 Å². The number of halogens is 1. The summed E-state index contributed by atoms with van der Waals surface area (Å²) in [4.78, 5) is 30.1. The third-order valence-electron chi connectivity index (χ3n) is 8.06. The standard InChI is InChI=1S/C37H42ClN3O4S/c1-6-29(5)39-37(43)35(23-30-10-8-7-9-11-30)40(24-31-16-12-26(2)13-17-31)36(42)25-41(34-21-18-32(38)22-28(34)4)46(44,45)33-19-14-27(3)15-20-33/h7-22,29,35H,6,23-25H2,1-5H3,(H,39,43)/t29-,35+/m0/s1. The molecule has 0 heterocycles. The van der Waals surface area contributed by atoms with E-state index in [1.54, 1.807) is 37.3 Å². The van der Waals surface area contributed by atoms with Gasteiger partial charge in [0.15, 0.2) is 0 Å². The molecule has 0 aliphatic carbocycles. The molecule has 9 heteroatoms. The molecule has 0 aliphatic rings. The third kappa shape index (κ3) is 8.77. The number of amides is 2. The lowest BCUT2D eigenvalue weighted by molar-refractivity contribution is -0.140. The number of sulfonamides is 1. The average molecular weight is 660 g/mol. The first-order valence-corrected chi connectivity index (χ1v) is 17.3.